The molecule has 0 unspecified atom stereocenters. The summed E-state index contributed by atoms with van der Waals surface area (Å²) in [6.07, 6.45) is -5.45. The lowest BCUT2D eigenvalue weighted by Crippen LogP contribution is -2.45. The lowest BCUT2D eigenvalue weighted by Gasteiger charge is -2.38. The lowest BCUT2D eigenvalue weighted by molar-refractivity contribution is -0.289. The molecule has 2 aromatic rings. The number of rotatable bonds is 4. The molecule has 11 heteroatoms. The van der Waals surface area contributed by atoms with Crippen LogP contribution in [0.5, 0.6) is 5.75 Å². The summed E-state index contributed by atoms with van der Waals surface area (Å²) < 4.78 is 79.9. The number of ether oxygens (including phenoxy) is 2. The van der Waals surface area contributed by atoms with Gasteiger partial charge < -0.3 is 9.47 Å². The summed E-state index contributed by atoms with van der Waals surface area (Å²) in [5, 5.41) is 2.47. The van der Waals surface area contributed by atoms with E-state index in [2.05, 4.69) is 5.32 Å². The first kappa shape index (κ1) is 24.3. The fraction of sp³-hybridized carbons (Fsp3) is 0.364. The number of hydrogen-bond donors (Lipinski definition) is 1. The number of amides is 1. The number of hydrogen-bond acceptors (Lipinski definition) is 4. The largest absolute Gasteiger partial charge is 0.481 e. The Labute approximate surface area is 185 Å². The first-order valence-electron chi connectivity index (χ1n) is 9.87. The number of fused-ring (bicyclic) bond motifs is 1. The molecule has 1 N–H and O–H groups in total. The van der Waals surface area contributed by atoms with Crippen LogP contribution in [0.15, 0.2) is 47.0 Å². The Morgan fingerprint density at radius 2 is 1.82 bits per heavy atom. The molecule has 0 spiro atoms. The van der Waals surface area contributed by atoms with Crippen LogP contribution < -0.4 is 15.6 Å². The van der Waals surface area contributed by atoms with Crippen molar-refractivity contribution in [2.45, 2.75) is 45.4 Å². The molecule has 0 fully saturated rings. The molecular weight excluding hydrogens is 451 g/mol. The number of nitrogens with one attached hydrogen (secondary N) is 1. The maximum Gasteiger partial charge on any atom is 0.458 e. The van der Waals surface area contributed by atoms with Gasteiger partial charge in [0.1, 0.15) is 11.4 Å². The SMILES string of the molecule is CCOC(=O)NC1=C(n2ccccc2=O)c2c(ccc(C(F)(F)C(F)(F)F)c2C)OC1(C)C. The zero-order valence-corrected chi connectivity index (χ0v) is 18.1. The maximum atomic E-state index is 14.3. The molecule has 1 aromatic heterocycles. The van der Waals surface area contributed by atoms with Crippen LogP contribution in [0.2, 0.25) is 0 Å². The molecule has 1 aliphatic rings. The summed E-state index contributed by atoms with van der Waals surface area (Å²) in [5.41, 5.74) is -4.00. The molecule has 178 valence electrons. The highest BCUT2D eigenvalue weighted by molar-refractivity contribution is 5.83. The monoisotopic (exact) mass is 472 g/mol. The van der Waals surface area contributed by atoms with Crippen molar-refractivity contribution in [3.05, 3.63) is 69.3 Å². The molecule has 0 bridgehead atoms. The van der Waals surface area contributed by atoms with E-state index in [0.29, 0.717) is 6.07 Å². The van der Waals surface area contributed by atoms with E-state index in [9.17, 15) is 31.5 Å². The molecular formula is C22H21F5N2O4. The van der Waals surface area contributed by atoms with E-state index in [0.717, 1.165) is 17.6 Å². The molecule has 0 radical (unpaired) electrons. The van der Waals surface area contributed by atoms with E-state index in [1.807, 2.05) is 0 Å². The van der Waals surface area contributed by atoms with Crippen LogP contribution >= 0.6 is 0 Å². The van der Waals surface area contributed by atoms with Gasteiger partial charge in [-0.3, -0.25) is 14.7 Å². The van der Waals surface area contributed by atoms with Gasteiger partial charge >= 0.3 is 18.2 Å². The summed E-state index contributed by atoms with van der Waals surface area (Å²) in [6.45, 7) is 5.73. The molecule has 3 rings (SSSR count). The predicted octanol–water partition coefficient (Wildman–Crippen LogP) is 4.94. The van der Waals surface area contributed by atoms with Crippen molar-refractivity contribution in [1.82, 2.24) is 9.88 Å². The number of halogens is 5. The van der Waals surface area contributed by atoms with Crippen LogP contribution in [0.3, 0.4) is 0 Å². The molecule has 2 heterocycles. The smallest absolute Gasteiger partial charge is 0.458 e. The van der Waals surface area contributed by atoms with E-state index in [-0.39, 0.29) is 29.3 Å². The van der Waals surface area contributed by atoms with Gasteiger partial charge in [-0.25, -0.2) is 4.79 Å². The van der Waals surface area contributed by atoms with Crippen LogP contribution in [0.4, 0.5) is 26.7 Å². The van der Waals surface area contributed by atoms with Gasteiger partial charge in [-0.1, -0.05) is 6.07 Å². The Kier molecular flexibility index (Phi) is 6.03. The van der Waals surface area contributed by atoms with Crippen molar-refractivity contribution in [3.8, 4) is 5.75 Å². The van der Waals surface area contributed by atoms with Crippen LogP contribution in [-0.4, -0.2) is 29.0 Å². The first-order chi connectivity index (χ1) is 15.2. The summed E-state index contributed by atoms with van der Waals surface area (Å²) in [6, 6.07) is 5.73. The zero-order valence-electron chi connectivity index (χ0n) is 18.1. The topological polar surface area (TPSA) is 69.6 Å². The number of aromatic nitrogens is 1. The molecule has 0 saturated heterocycles. The third-order valence-electron chi connectivity index (χ3n) is 5.13. The Morgan fingerprint density at radius 3 is 2.39 bits per heavy atom. The minimum Gasteiger partial charge on any atom is -0.481 e. The molecule has 1 aliphatic heterocycles. The van der Waals surface area contributed by atoms with Crippen LogP contribution in [0.1, 0.15) is 37.5 Å². The fourth-order valence-electron chi connectivity index (χ4n) is 3.63. The second-order valence-corrected chi connectivity index (χ2v) is 7.77. The summed E-state index contributed by atoms with van der Waals surface area (Å²) in [5.74, 6) is -5.19. The zero-order chi connectivity index (χ0) is 24.8. The van der Waals surface area contributed by atoms with Gasteiger partial charge in [0, 0.05) is 23.4 Å². The highest BCUT2D eigenvalue weighted by atomic mass is 19.4. The van der Waals surface area contributed by atoms with E-state index < -0.39 is 40.5 Å². The number of carbonyl (C=O) groups excluding carboxylic acids is 1. The standard InChI is InChI=1S/C22H21F5N2O4/c1-5-32-19(31)28-18-17(29-11-7-6-8-15(29)30)16-12(2)13(21(23,24)22(25,26)27)9-10-14(16)33-20(18,3)4/h6-11H,5H2,1-4H3,(H,28,31). The highest BCUT2D eigenvalue weighted by Gasteiger charge is 2.59. The van der Waals surface area contributed by atoms with E-state index in [4.69, 9.17) is 9.47 Å². The van der Waals surface area contributed by atoms with Crippen LogP contribution in [0, 0.1) is 6.92 Å². The highest BCUT2D eigenvalue weighted by Crippen LogP contribution is 2.49. The Bertz CT molecular complexity index is 1180. The second kappa shape index (κ2) is 8.20. The summed E-state index contributed by atoms with van der Waals surface area (Å²) >= 11 is 0. The Morgan fingerprint density at radius 1 is 1.15 bits per heavy atom. The number of pyridine rings is 1. The third-order valence-corrected chi connectivity index (χ3v) is 5.13. The number of carbonyl (C=O) groups is 1. The second-order valence-electron chi connectivity index (χ2n) is 7.77. The first-order valence-corrected chi connectivity index (χ1v) is 9.87. The predicted molar refractivity (Wildman–Crippen MR) is 109 cm³/mol. The van der Waals surface area contributed by atoms with Crippen molar-refractivity contribution in [3.63, 3.8) is 0 Å². The molecule has 0 atom stereocenters. The van der Waals surface area contributed by atoms with E-state index in [1.165, 1.54) is 24.4 Å². The van der Waals surface area contributed by atoms with Crippen molar-refractivity contribution < 1.29 is 36.2 Å². The molecule has 33 heavy (non-hydrogen) atoms. The molecule has 6 nitrogen and oxygen atoms in total. The van der Waals surface area contributed by atoms with E-state index in [1.54, 1.807) is 20.8 Å². The quantitative estimate of drug-likeness (QED) is 0.640. The van der Waals surface area contributed by atoms with E-state index >= 15 is 0 Å². The molecule has 0 aliphatic carbocycles. The summed E-state index contributed by atoms with van der Waals surface area (Å²) in [7, 11) is 0. The number of benzene rings is 1. The maximum absolute atomic E-state index is 14.3. The third kappa shape index (κ3) is 4.19. The van der Waals surface area contributed by atoms with Crippen molar-refractivity contribution >= 4 is 11.8 Å². The fourth-order valence-corrected chi connectivity index (χ4v) is 3.63. The van der Waals surface area contributed by atoms with Gasteiger partial charge in [0.2, 0.25) is 0 Å². The minimum atomic E-state index is -5.85. The Hall–Kier alpha value is -3.37. The van der Waals surface area contributed by atoms with Gasteiger partial charge in [0.25, 0.3) is 5.56 Å². The normalized spacial score (nSPS) is 15.5. The molecule has 0 saturated carbocycles. The average molecular weight is 472 g/mol. The van der Waals surface area contributed by atoms with Crippen LogP contribution in [-0.2, 0) is 10.7 Å². The van der Waals surface area contributed by atoms with Gasteiger partial charge in [0.05, 0.1) is 18.0 Å². The number of alkyl halides is 5. The lowest BCUT2D eigenvalue weighted by atomic mass is 9.88. The molecule has 1 amide bonds. The van der Waals surface area contributed by atoms with Crippen LogP contribution in [0.25, 0.3) is 5.70 Å². The van der Waals surface area contributed by atoms with Crippen molar-refractivity contribution in [1.29, 1.82) is 0 Å². The summed E-state index contributed by atoms with van der Waals surface area (Å²) in [4.78, 5) is 24.9. The van der Waals surface area contributed by atoms with Crippen molar-refractivity contribution in [2.24, 2.45) is 0 Å². The average Bonchev–Trinajstić information content (AvgIpc) is 2.68. The number of alkyl carbamates (subject to hydrolysis) is 1. The number of nitrogens with zero attached hydrogens (tertiary/aromatic N) is 1. The van der Waals surface area contributed by atoms with Gasteiger partial charge in [-0.15, -0.1) is 0 Å². The van der Waals surface area contributed by atoms with Gasteiger partial charge in [-0.05, 0) is 51.5 Å². The van der Waals surface area contributed by atoms with Crippen molar-refractivity contribution in [2.75, 3.05) is 6.61 Å². The molecule has 1 aromatic carbocycles. The Balaban J connectivity index is 2.42. The van der Waals surface area contributed by atoms with Gasteiger partial charge in [-0.2, -0.15) is 22.0 Å². The van der Waals surface area contributed by atoms with Gasteiger partial charge in [0.15, 0.2) is 0 Å². The minimum absolute atomic E-state index is 0.0125.